The van der Waals surface area contributed by atoms with E-state index in [9.17, 15) is 5.11 Å². The first-order chi connectivity index (χ1) is 9.72. The van der Waals surface area contributed by atoms with E-state index in [-0.39, 0.29) is 5.75 Å². The highest BCUT2D eigenvalue weighted by Crippen LogP contribution is 2.22. The molecule has 0 spiro atoms. The summed E-state index contributed by atoms with van der Waals surface area (Å²) in [4.78, 5) is 8.79. The van der Waals surface area contributed by atoms with Crippen LogP contribution in [0.3, 0.4) is 0 Å². The molecule has 3 nitrogen and oxygen atoms in total. The molecule has 3 heteroatoms. The molecule has 0 fully saturated rings. The Morgan fingerprint density at radius 3 is 2.60 bits per heavy atom. The SMILES string of the molecule is Cc1ccc(N=Cc2ccc3cccc(O)c3n2)cc1. The van der Waals surface area contributed by atoms with E-state index in [0.717, 1.165) is 16.8 Å². The molecule has 0 aliphatic carbocycles. The quantitative estimate of drug-likeness (QED) is 0.709. The van der Waals surface area contributed by atoms with Gasteiger partial charge in [-0.05, 0) is 31.2 Å². The van der Waals surface area contributed by atoms with Gasteiger partial charge < -0.3 is 5.11 Å². The molecule has 20 heavy (non-hydrogen) atoms. The second-order valence-electron chi connectivity index (χ2n) is 4.68. The van der Waals surface area contributed by atoms with Crippen molar-refractivity contribution in [3.63, 3.8) is 0 Å². The molecule has 0 atom stereocenters. The monoisotopic (exact) mass is 262 g/mol. The highest BCUT2D eigenvalue weighted by atomic mass is 16.3. The van der Waals surface area contributed by atoms with E-state index in [2.05, 4.69) is 9.98 Å². The van der Waals surface area contributed by atoms with Crippen molar-refractivity contribution < 1.29 is 5.11 Å². The third kappa shape index (κ3) is 2.52. The molecule has 0 saturated heterocycles. The molecular weight excluding hydrogens is 248 g/mol. The minimum absolute atomic E-state index is 0.188. The molecule has 0 aliphatic rings. The Morgan fingerprint density at radius 1 is 1.00 bits per heavy atom. The number of fused-ring (bicyclic) bond motifs is 1. The molecule has 0 radical (unpaired) electrons. The van der Waals surface area contributed by atoms with E-state index in [1.165, 1.54) is 5.56 Å². The average Bonchev–Trinajstić information content (AvgIpc) is 2.47. The number of para-hydroxylation sites is 1. The summed E-state index contributed by atoms with van der Waals surface area (Å²) in [7, 11) is 0. The summed E-state index contributed by atoms with van der Waals surface area (Å²) in [5.41, 5.74) is 3.41. The number of rotatable bonds is 2. The summed E-state index contributed by atoms with van der Waals surface area (Å²) in [5.74, 6) is 0.188. The summed E-state index contributed by atoms with van der Waals surface area (Å²) >= 11 is 0. The maximum absolute atomic E-state index is 9.80. The van der Waals surface area contributed by atoms with Crippen LogP contribution in [-0.4, -0.2) is 16.3 Å². The molecule has 3 aromatic rings. The zero-order valence-electron chi connectivity index (χ0n) is 11.1. The van der Waals surface area contributed by atoms with E-state index >= 15 is 0 Å². The van der Waals surface area contributed by atoms with E-state index < -0.39 is 0 Å². The van der Waals surface area contributed by atoms with Crippen LogP contribution in [0.15, 0.2) is 59.6 Å². The van der Waals surface area contributed by atoms with Crippen LogP contribution in [0.1, 0.15) is 11.3 Å². The fourth-order valence-corrected chi connectivity index (χ4v) is 1.99. The topological polar surface area (TPSA) is 45.5 Å². The Balaban J connectivity index is 1.94. The molecule has 0 aliphatic heterocycles. The van der Waals surface area contributed by atoms with Gasteiger partial charge in [0, 0.05) is 5.39 Å². The number of phenolic OH excluding ortho intramolecular Hbond substituents is 1. The lowest BCUT2D eigenvalue weighted by Gasteiger charge is -2.01. The van der Waals surface area contributed by atoms with Crippen molar-refractivity contribution in [1.82, 2.24) is 4.98 Å². The number of aromatic nitrogens is 1. The van der Waals surface area contributed by atoms with E-state index in [4.69, 9.17) is 0 Å². The van der Waals surface area contributed by atoms with Crippen LogP contribution in [0, 0.1) is 6.92 Å². The minimum atomic E-state index is 0.188. The normalized spacial score (nSPS) is 11.2. The largest absolute Gasteiger partial charge is 0.506 e. The smallest absolute Gasteiger partial charge is 0.141 e. The summed E-state index contributed by atoms with van der Waals surface area (Å²) in [6, 6.07) is 17.1. The summed E-state index contributed by atoms with van der Waals surface area (Å²) in [6.07, 6.45) is 1.70. The van der Waals surface area contributed by atoms with Gasteiger partial charge in [-0.3, -0.25) is 4.99 Å². The van der Waals surface area contributed by atoms with Crippen molar-refractivity contribution in [3.8, 4) is 5.75 Å². The van der Waals surface area contributed by atoms with Gasteiger partial charge in [0.25, 0.3) is 0 Å². The van der Waals surface area contributed by atoms with Gasteiger partial charge in [-0.15, -0.1) is 0 Å². The molecular formula is C17H14N2O. The maximum atomic E-state index is 9.80. The molecule has 0 unspecified atom stereocenters. The second kappa shape index (κ2) is 5.13. The van der Waals surface area contributed by atoms with Crippen molar-refractivity contribution in [3.05, 3.63) is 65.9 Å². The van der Waals surface area contributed by atoms with E-state index in [1.807, 2.05) is 49.4 Å². The molecule has 0 saturated carbocycles. The summed E-state index contributed by atoms with van der Waals surface area (Å²) in [6.45, 7) is 2.04. The van der Waals surface area contributed by atoms with Crippen molar-refractivity contribution in [1.29, 1.82) is 0 Å². The first kappa shape index (κ1) is 12.4. The number of aromatic hydroxyl groups is 1. The van der Waals surface area contributed by atoms with Crippen LogP contribution in [-0.2, 0) is 0 Å². The predicted molar refractivity (Wildman–Crippen MR) is 81.8 cm³/mol. The predicted octanol–water partition coefficient (Wildman–Crippen LogP) is 4.00. The fraction of sp³-hybridized carbons (Fsp3) is 0.0588. The lowest BCUT2D eigenvalue weighted by Crippen LogP contribution is -1.88. The zero-order chi connectivity index (χ0) is 13.9. The number of aryl methyl sites for hydroxylation is 1. The number of hydrogen-bond acceptors (Lipinski definition) is 3. The highest BCUT2D eigenvalue weighted by Gasteiger charge is 2.01. The van der Waals surface area contributed by atoms with Crippen LogP contribution in [0.4, 0.5) is 5.69 Å². The van der Waals surface area contributed by atoms with Crippen LogP contribution in [0.5, 0.6) is 5.75 Å². The third-order valence-corrected chi connectivity index (χ3v) is 3.10. The van der Waals surface area contributed by atoms with Gasteiger partial charge >= 0.3 is 0 Å². The maximum Gasteiger partial charge on any atom is 0.141 e. The first-order valence-electron chi connectivity index (χ1n) is 6.42. The lowest BCUT2D eigenvalue weighted by molar-refractivity contribution is 0.480. The van der Waals surface area contributed by atoms with Gasteiger partial charge in [-0.1, -0.05) is 35.9 Å². The number of hydrogen-bond donors (Lipinski definition) is 1. The van der Waals surface area contributed by atoms with Gasteiger partial charge in [0.1, 0.15) is 11.3 Å². The van der Waals surface area contributed by atoms with E-state index in [1.54, 1.807) is 18.3 Å². The molecule has 3 rings (SSSR count). The number of pyridine rings is 1. The molecule has 1 heterocycles. The van der Waals surface area contributed by atoms with Crippen molar-refractivity contribution >= 4 is 22.8 Å². The van der Waals surface area contributed by atoms with E-state index in [0.29, 0.717) is 5.52 Å². The Hall–Kier alpha value is -2.68. The molecule has 98 valence electrons. The lowest BCUT2D eigenvalue weighted by atomic mass is 10.2. The first-order valence-corrected chi connectivity index (χ1v) is 6.42. The van der Waals surface area contributed by atoms with Gasteiger partial charge in [-0.2, -0.15) is 0 Å². The number of benzene rings is 2. The van der Waals surface area contributed by atoms with Crippen LogP contribution < -0.4 is 0 Å². The zero-order valence-corrected chi connectivity index (χ0v) is 11.1. The van der Waals surface area contributed by atoms with Crippen molar-refractivity contribution in [2.45, 2.75) is 6.92 Å². The molecule has 0 bridgehead atoms. The molecule has 1 N–H and O–H groups in total. The second-order valence-corrected chi connectivity index (χ2v) is 4.68. The van der Waals surface area contributed by atoms with Crippen molar-refractivity contribution in [2.24, 2.45) is 4.99 Å². The summed E-state index contributed by atoms with van der Waals surface area (Å²) < 4.78 is 0. The minimum Gasteiger partial charge on any atom is -0.506 e. The third-order valence-electron chi connectivity index (χ3n) is 3.10. The van der Waals surface area contributed by atoms with Crippen molar-refractivity contribution in [2.75, 3.05) is 0 Å². The standard InChI is InChI=1S/C17H14N2O/c1-12-5-8-14(9-6-12)18-11-15-10-7-13-3-2-4-16(20)17(13)19-15/h2-11,20H,1H3. The van der Waals surface area contributed by atoms with Crippen LogP contribution in [0.25, 0.3) is 10.9 Å². The Morgan fingerprint density at radius 2 is 1.80 bits per heavy atom. The molecule has 2 aromatic carbocycles. The Bertz CT molecular complexity index is 777. The van der Waals surface area contributed by atoms with Crippen LogP contribution >= 0.6 is 0 Å². The molecule has 1 aromatic heterocycles. The average molecular weight is 262 g/mol. The fourth-order valence-electron chi connectivity index (χ4n) is 1.99. The Kier molecular flexibility index (Phi) is 3.17. The number of nitrogens with zero attached hydrogens (tertiary/aromatic N) is 2. The van der Waals surface area contributed by atoms with Gasteiger partial charge in [0.15, 0.2) is 0 Å². The van der Waals surface area contributed by atoms with Gasteiger partial charge in [-0.25, -0.2) is 4.98 Å². The van der Waals surface area contributed by atoms with Gasteiger partial charge in [0.2, 0.25) is 0 Å². The summed E-state index contributed by atoms with van der Waals surface area (Å²) in [5, 5.41) is 10.7. The Labute approximate surface area is 117 Å². The van der Waals surface area contributed by atoms with Crippen LogP contribution in [0.2, 0.25) is 0 Å². The molecule has 0 amide bonds. The number of phenols is 1. The van der Waals surface area contributed by atoms with Gasteiger partial charge in [0.05, 0.1) is 17.6 Å². The highest BCUT2D eigenvalue weighted by molar-refractivity contribution is 5.89. The number of aliphatic imine (C=N–C) groups is 1.